The summed E-state index contributed by atoms with van der Waals surface area (Å²) in [6.07, 6.45) is 0. The molecule has 0 N–H and O–H groups in total. The van der Waals surface area contributed by atoms with Crippen LogP contribution >= 0.6 is 11.3 Å². The lowest BCUT2D eigenvalue weighted by molar-refractivity contribution is 0.770. The molecule has 0 saturated carbocycles. The zero-order valence-corrected chi connectivity index (χ0v) is 32.0. The molecule has 1 nitrogen and oxygen atoms in total. The lowest BCUT2D eigenvalue weighted by Gasteiger charge is -2.34. The van der Waals surface area contributed by atoms with Gasteiger partial charge in [-0.15, -0.1) is 11.3 Å². The lowest BCUT2D eigenvalue weighted by Crippen LogP contribution is -2.28. The van der Waals surface area contributed by atoms with Gasteiger partial charge in [0.15, 0.2) is 0 Å². The summed E-state index contributed by atoms with van der Waals surface area (Å²) in [5, 5.41) is 2.55. The van der Waals surface area contributed by atoms with Crippen molar-refractivity contribution >= 4 is 48.6 Å². The van der Waals surface area contributed by atoms with Gasteiger partial charge in [-0.2, -0.15) is 0 Å². The molecular weight excluding hydrogens is 707 g/mol. The van der Waals surface area contributed by atoms with Gasteiger partial charge < -0.3 is 4.90 Å². The van der Waals surface area contributed by atoms with Crippen LogP contribution in [0.4, 0.5) is 17.1 Å². The Bertz CT molecular complexity index is 3010. The van der Waals surface area contributed by atoms with Crippen LogP contribution in [0.2, 0.25) is 0 Å². The maximum absolute atomic E-state index is 2.48. The van der Waals surface area contributed by atoms with E-state index in [4.69, 9.17) is 0 Å². The van der Waals surface area contributed by atoms with E-state index >= 15 is 0 Å². The van der Waals surface area contributed by atoms with Crippen molar-refractivity contribution in [2.45, 2.75) is 5.41 Å². The molecule has 0 fully saturated rings. The minimum atomic E-state index is -0.446. The molecule has 268 valence electrons. The average Bonchev–Trinajstić information content (AvgIpc) is 3.81. The van der Waals surface area contributed by atoms with E-state index in [2.05, 4.69) is 229 Å². The van der Waals surface area contributed by atoms with Gasteiger partial charge in [0.1, 0.15) is 0 Å². The molecule has 0 amide bonds. The number of nitrogens with zero attached hydrogens (tertiary/aromatic N) is 1. The molecule has 0 unspecified atom stereocenters. The molecule has 2 heteroatoms. The first-order valence-corrected chi connectivity index (χ1v) is 20.4. The van der Waals surface area contributed by atoms with Gasteiger partial charge in [0.2, 0.25) is 0 Å². The van der Waals surface area contributed by atoms with Crippen LogP contribution in [0.1, 0.15) is 22.3 Å². The summed E-state index contributed by atoms with van der Waals surface area (Å²) in [5.74, 6) is 0. The number of anilines is 3. The molecule has 0 aliphatic heterocycles. The van der Waals surface area contributed by atoms with E-state index in [1.54, 1.807) is 0 Å². The Balaban J connectivity index is 1.11. The molecule has 0 atom stereocenters. The summed E-state index contributed by atoms with van der Waals surface area (Å²) < 4.78 is 2.57. The molecule has 10 aromatic rings. The van der Waals surface area contributed by atoms with Crippen molar-refractivity contribution in [3.63, 3.8) is 0 Å². The Morgan fingerprint density at radius 3 is 1.47 bits per heavy atom. The van der Waals surface area contributed by atoms with Crippen molar-refractivity contribution in [3.8, 4) is 33.4 Å². The maximum Gasteiger partial charge on any atom is 0.0713 e. The van der Waals surface area contributed by atoms with Crippen molar-refractivity contribution in [1.82, 2.24) is 0 Å². The fourth-order valence-corrected chi connectivity index (χ4v) is 10.3. The van der Waals surface area contributed by atoms with Gasteiger partial charge in [0, 0.05) is 37.2 Å². The molecular formula is C55H37NS. The van der Waals surface area contributed by atoms with Crippen LogP contribution in [-0.2, 0) is 5.41 Å². The highest BCUT2D eigenvalue weighted by atomic mass is 32.1. The molecule has 1 aliphatic carbocycles. The second kappa shape index (κ2) is 13.6. The highest BCUT2D eigenvalue weighted by Crippen LogP contribution is 2.56. The molecule has 11 rings (SSSR count). The van der Waals surface area contributed by atoms with Gasteiger partial charge in [-0.05, 0) is 110 Å². The number of hydrogen-bond acceptors (Lipinski definition) is 2. The van der Waals surface area contributed by atoms with Crippen molar-refractivity contribution in [3.05, 3.63) is 247 Å². The SMILES string of the molecule is c1ccc(-c2ccc(N(c3cccc(-c4ccccc4)c3)c3ccc4sc5ccc(C6(c7ccccc7)c7ccccc7-c7ccccc76)cc5c4c3)cc2)cc1. The normalized spacial score (nSPS) is 12.7. The Kier molecular flexibility index (Phi) is 7.98. The van der Waals surface area contributed by atoms with E-state index in [0.717, 1.165) is 17.1 Å². The third-order valence-electron chi connectivity index (χ3n) is 11.7. The summed E-state index contributed by atoms with van der Waals surface area (Å²) in [4.78, 5) is 2.41. The minimum absolute atomic E-state index is 0.446. The summed E-state index contributed by atoms with van der Waals surface area (Å²) in [6.45, 7) is 0. The molecule has 0 radical (unpaired) electrons. The molecule has 1 aliphatic rings. The van der Waals surface area contributed by atoms with Crippen LogP contribution in [0.25, 0.3) is 53.6 Å². The van der Waals surface area contributed by atoms with E-state index in [9.17, 15) is 0 Å². The third-order valence-corrected chi connectivity index (χ3v) is 12.9. The van der Waals surface area contributed by atoms with Crippen molar-refractivity contribution in [2.24, 2.45) is 0 Å². The van der Waals surface area contributed by atoms with Crippen LogP contribution in [-0.4, -0.2) is 0 Å². The van der Waals surface area contributed by atoms with E-state index in [1.807, 2.05) is 11.3 Å². The van der Waals surface area contributed by atoms with Crippen LogP contribution in [0.15, 0.2) is 224 Å². The summed E-state index contributed by atoms with van der Waals surface area (Å²) >= 11 is 1.87. The zero-order chi connectivity index (χ0) is 37.8. The van der Waals surface area contributed by atoms with E-state index in [0.29, 0.717) is 0 Å². The molecule has 0 saturated heterocycles. The average molecular weight is 744 g/mol. The van der Waals surface area contributed by atoms with Crippen molar-refractivity contribution in [1.29, 1.82) is 0 Å². The van der Waals surface area contributed by atoms with Crippen LogP contribution in [0, 0.1) is 0 Å². The number of rotatable bonds is 7. The summed E-state index contributed by atoms with van der Waals surface area (Å²) in [5.41, 5.74) is 15.6. The lowest BCUT2D eigenvalue weighted by atomic mass is 9.67. The Morgan fingerprint density at radius 2 is 0.807 bits per heavy atom. The summed E-state index contributed by atoms with van der Waals surface area (Å²) in [7, 11) is 0. The molecule has 1 aromatic heterocycles. The molecule has 1 heterocycles. The van der Waals surface area contributed by atoms with E-state index in [-0.39, 0.29) is 0 Å². The maximum atomic E-state index is 2.48. The first-order valence-electron chi connectivity index (χ1n) is 19.6. The number of fused-ring (bicyclic) bond motifs is 6. The van der Waals surface area contributed by atoms with Crippen molar-refractivity contribution < 1.29 is 0 Å². The monoisotopic (exact) mass is 743 g/mol. The summed E-state index contributed by atoms with van der Waals surface area (Å²) in [6, 6.07) is 82.5. The van der Waals surface area contributed by atoms with Crippen molar-refractivity contribution in [2.75, 3.05) is 4.90 Å². The molecule has 57 heavy (non-hydrogen) atoms. The predicted octanol–water partition coefficient (Wildman–Crippen LogP) is 15.2. The minimum Gasteiger partial charge on any atom is -0.310 e. The Morgan fingerprint density at radius 1 is 0.316 bits per heavy atom. The highest BCUT2D eigenvalue weighted by Gasteiger charge is 2.45. The molecule has 0 bridgehead atoms. The smallest absolute Gasteiger partial charge is 0.0713 e. The topological polar surface area (TPSA) is 3.24 Å². The zero-order valence-electron chi connectivity index (χ0n) is 31.2. The predicted molar refractivity (Wildman–Crippen MR) is 242 cm³/mol. The van der Waals surface area contributed by atoms with Crippen LogP contribution in [0.5, 0.6) is 0 Å². The standard InChI is InChI=1S/C55H37NS/c1-4-15-38(16-5-1)40-27-30-44(31-28-40)56(45-22-14-19-41(35-45)39-17-6-2-7-18-39)46-32-34-54-50(37-46)49-36-43(29-33-53(49)57-54)55(42-20-8-3-9-21-42)51-25-12-10-23-47(51)48-24-11-13-26-52(48)55/h1-37H. The quantitative estimate of drug-likeness (QED) is 0.157. The number of hydrogen-bond donors (Lipinski definition) is 0. The van der Waals surface area contributed by atoms with E-state index in [1.165, 1.54) is 75.8 Å². The largest absolute Gasteiger partial charge is 0.310 e. The second-order valence-electron chi connectivity index (χ2n) is 14.9. The Hall–Kier alpha value is -7.00. The third kappa shape index (κ3) is 5.44. The molecule has 0 spiro atoms. The second-order valence-corrected chi connectivity index (χ2v) is 15.9. The van der Waals surface area contributed by atoms with Gasteiger partial charge >= 0.3 is 0 Å². The van der Waals surface area contributed by atoms with Gasteiger partial charge in [-0.3, -0.25) is 0 Å². The molecule has 9 aromatic carbocycles. The fourth-order valence-electron chi connectivity index (χ4n) is 9.19. The van der Waals surface area contributed by atoms with Crippen LogP contribution in [0.3, 0.4) is 0 Å². The Labute approximate surface area is 337 Å². The highest BCUT2D eigenvalue weighted by molar-refractivity contribution is 7.25. The number of thiophene rings is 1. The fraction of sp³-hybridized carbons (Fsp3) is 0.0182. The van der Waals surface area contributed by atoms with E-state index < -0.39 is 5.41 Å². The first-order chi connectivity index (χ1) is 28.3. The van der Waals surface area contributed by atoms with Gasteiger partial charge in [0.05, 0.1) is 5.41 Å². The van der Waals surface area contributed by atoms with Gasteiger partial charge in [-0.25, -0.2) is 0 Å². The van der Waals surface area contributed by atoms with Gasteiger partial charge in [0.25, 0.3) is 0 Å². The van der Waals surface area contributed by atoms with Gasteiger partial charge in [-0.1, -0.05) is 170 Å². The first kappa shape index (κ1) is 33.3. The number of benzene rings is 9. The van der Waals surface area contributed by atoms with Crippen LogP contribution < -0.4 is 4.90 Å².